The maximum Gasteiger partial charge on any atom is 0.197 e. The van der Waals surface area contributed by atoms with Crippen molar-refractivity contribution in [1.82, 2.24) is 0 Å². The van der Waals surface area contributed by atoms with Gasteiger partial charge in [0.1, 0.15) is 5.75 Å². The first-order chi connectivity index (χ1) is 7.68. The van der Waals surface area contributed by atoms with Crippen LogP contribution in [-0.4, -0.2) is 10.9 Å². The second-order valence-electron chi connectivity index (χ2n) is 3.72. The maximum absolute atomic E-state index is 12.0. The van der Waals surface area contributed by atoms with Crippen molar-refractivity contribution in [2.75, 3.05) is 0 Å². The molecule has 0 radical (unpaired) electrons. The lowest BCUT2D eigenvalue weighted by molar-refractivity contribution is 0.104. The summed E-state index contributed by atoms with van der Waals surface area (Å²) in [5.74, 6) is -0.191. The average Bonchev–Trinajstić information content (AvgIpc) is 2.54. The van der Waals surface area contributed by atoms with Gasteiger partial charge in [0.05, 0.1) is 5.56 Å². The van der Waals surface area contributed by atoms with Crippen molar-refractivity contribution in [2.45, 2.75) is 0 Å². The van der Waals surface area contributed by atoms with Crippen molar-refractivity contribution in [3.05, 3.63) is 52.5 Å². The van der Waals surface area contributed by atoms with Crippen LogP contribution in [0.25, 0.3) is 11.1 Å². The fourth-order valence-corrected chi connectivity index (χ4v) is 2.31. The van der Waals surface area contributed by atoms with Crippen LogP contribution in [0.5, 0.6) is 5.75 Å². The van der Waals surface area contributed by atoms with Gasteiger partial charge in [-0.25, -0.2) is 0 Å². The van der Waals surface area contributed by atoms with Crippen molar-refractivity contribution in [2.24, 2.45) is 0 Å². The number of hydrogen-bond donors (Lipinski definition) is 1. The predicted octanol–water partition coefficient (Wildman–Crippen LogP) is 3.26. The number of phenolic OH excluding ortho intramolecular Hbond substituents is 1. The van der Waals surface area contributed by atoms with Crippen LogP contribution in [0, 0.1) is 0 Å². The molecule has 0 amide bonds. The zero-order valence-electron chi connectivity index (χ0n) is 8.20. The van der Waals surface area contributed by atoms with Crippen LogP contribution in [0.15, 0.2) is 36.4 Å². The molecule has 0 heterocycles. The van der Waals surface area contributed by atoms with Crippen LogP contribution in [0.4, 0.5) is 0 Å². The lowest BCUT2D eigenvalue weighted by Crippen LogP contribution is -1.95. The minimum atomic E-state index is -0.139. The third kappa shape index (κ3) is 1.11. The number of phenols is 1. The van der Waals surface area contributed by atoms with Gasteiger partial charge in [0.15, 0.2) is 5.78 Å². The SMILES string of the molecule is O=C1c2ccccc2-c2cc(Cl)cc(O)c21. The zero-order valence-corrected chi connectivity index (χ0v) is 8.95. The molecule has 1 aliphatic rings. The topological polar surface area (TPSA) is 37.3 Å². The van der Waals surface area contributed by atoms with Crippen molar-refractivity contribution in [3.63, 3.8) is 0 Å². The summed E-state index contributed by atoms with van der Waals surface area (Å²) in [6, 6.07) is 10.4. The number of benzene rings is 2. The van der Waals surface area contributed by atoms with Crippen LogP contribution < -0.4 is 0 Å². The minimum absolute atomic E-state index is 0.0521. The molecule has 1 aliphatic carbocycles. The third-order valence-corrected chi connectivity index (χ3v) is 2.99. The van der Waals surface area contributed by atoms with Crippen molar-refractivity contribution in [3.8, 4) is 16.9 Å². The number of carbonyl (C=O) groups excluding carboxylic acids is 1. The maximum atomic E-state index is 12.0. The van der Waals surface area contributed by atoms with E-state index in [0.29, 0.717) is 21.7 Å². The average molecular weight is 231 g/mol. The van der Waals surface area contributed by atoms with E-state index in [-0.39, 0.29) is 11.5 Å². The molecule has 0 fully saturated rings. The first-order valence-corrected chi connectivity index (χ1v) is 5.23. The van der Waals surface area contributed by atoms with Gasteiger partial charge in [-0.3, -0.25) is 4.79 Å². The Balaban J connectivity index is 2.42. The smallest absolute Gasteiger partial charge is 0.197 e. The highest BCUT2D eigenvalue weighted by Crippen LogP contribution is 2.42. The number of ketones is 1. The zero-order chi connectivity index (χ0) is 11.3. The number of carbonyl (C=O) groups is 1. The number of hydrogen-bond acceptors (Lipinski definition) is 2. The summed E-state index contributed by atoms with van der Waals surface area (Å²) < 4.78 is 0. The molecule has 1 N–H and O–H groups in total. The molecule has 78 valence electrons. The molecule has 0 bridgehead atoms. The summed E-state index contributed by atoms with van der Waals surface area (Å²) in [4.78, 5) is 12.0. The summed E-state index contributed by atoms with van der Waals surface area (Å²) in [5, 5.41) is 10.2. The summed E-state index contributed by atoms with van der Waals surface area (Å²) >= 11 is 5.87. The van der Waals surface area contributed by atoms with E-state index in [2.05, 4.69) is 0 Å². The lowest BCUT2D eigenvalue weighted by atomic mass is 10.1. The summed E-state index contributed by atoms with van der Waals surface area (Å²) in [6.07, 6.45) is 0. The van der Waals surface area contributed by atoms with Gasteiger partial charge in [-0.2, -0.15) is 0 Å². The van der Waals surface area contributed by atoms with E-state index in [4.69, 9.17) is 11.6 Å². The highest BCUT2D eigenvalue weighted by molar-refractivity contribution is 6.32. The Labute approximate surface area is 97.1 Å². The van der Waals surface area contributed by atoms with Gasteiger partial charge in [-0.15, -0.1) is 0 Å². The molecule has 0 aliphatic heterocycles. The van der Waals surface area contributed by atoms with Crippen molar-refractivity contribution < 1.29 is 9.90 Å². The molecule has 0 spiro atoms. The van der Waals surface area contributed by atoms with E-state index in [0.717, 1.165) is 5.56 Å². The summed E-state index contributed by atoms with van der Waals surface area (Å²) in [5.41, 5.74) is 2.52. The monoisotopic (exact) mass is 230 g/mol. The second kappa shape index (κ2) is 3.09. The van der Waals surface area contributed by atoms with Crippen LogP contribution >= 0.6 is 11.6 Å². The number of aromatic hydroxyl groups is 1. The first-order valence-electron chi connectivity index (χ1n) is 4.85. The van der Waals surface area contributed by atoms with Gasteiger partial charge in [0, 0.05) is 10.6 Å². The van der Waals surface area contributed by atoms with Crippen molar-refractivity contribution >= 4 is 17.4 Å². The number of halogens is 1. The standard InChI is InChI=1S/C13H7ClO2/c14-7-5-10-8-3-1-2-4-9(8)13(16)12(10)11(15)6-7/h1-6,15H. The van der Waals surface area contributed by atoms with Gasteiger partial charge < -0.3 is 5.11 Å². The van der Waals surface area contributed by atoms with E-state index in [9.17, 15) is 9.90 Å². The molecule has 0 saturated carbocycles. The van der Waals surface area contributed by atoms with Crippen LogP contribution in [0.1, 0.15) is 15.9 Å². The lowest BCUT2D eigenvalue weighted by Gasteiger charge is -2.02. The predicted molar refractivity (Wildman–Crippen MR) is 62.0 cm³/mol. The normalized spacial score (nSPS) is 12.4. The summed E-state index contributed by atoms with van der Waals surface area (Å²) in [7, 11) is 0. The third-order valence-electron chi connectivity index (χ3n) is 2.77. The summed E-state index contributed by atoms with van der Waals surface area (Å²) in [6.45, 7) is 0. The van der Waals surface area contributed by atoms with E-state index in [1.165, 1.54) is 6.07 Å². The molecule has 3 heteroatoms. The van der Waals surface area contributed by atoms with E-state index >= 15 is 0 Å². The molecule has 2 nitrogen and oxygen atoms in total. The molecule has 0 atom stereocenters. The van der Waals surface area contributed by atoms with Crippen LogP contribution in [0.2, 0.25) is 5.02 Å². The fraction of sp³-hybridized carbons (Fsp3) is 0. The Morgan fingerprint density at radius 3 is 2.44 bits per heavy atom. The molecular formula is C13H7ClO2. The van der Waals surface area contributed by atoms with Gasteiger partial charge >= 0.3 is 0 Å². The highest BCUT2D eigenvalue weighted by Gasteiger charge is 2.29. The Morgan fingerprint density at radius 1 is 1.00 bits per heavy atom. The Hall–Kier alpha value is -1.80. The molecule has 3 rings (SSSR count). The van der Waals surface area contributed by atoms with Gasteiger partial charge in [0.2, 0.25) is 0 Å². The highest BCUT2D eigenvalue weighted by atomic mass is 35.5. The molecule has 16 heavy (non-hydrogen) atoms. The molecule has 0 saturated heterocycles. The molecule has 2 aromatic rings. The Bertz CT molecular complexity index is 617. The molecule has 2 aromatic carbocycles. The van der Waals surface area contributed by atoms with E-state index in [1.807, 2.05) is 12.1 Å². The largest absolute Gasteiger partial charge is 0.507 e. The minimum Gasteiger partial charge on any atom is -0.507 e. The van der Waals surface area contributed by atoms with Gasteiger partial charge in [0.25, 0.3) is 0 Å². The van der Waals surface area contributed by atoms with Crippen LogP contribution in [-0.2, 0) is 0 Å². The number of rotatable bonds is 0. The van der Waals surface area contributed by atoms with Crippen LogP contribution in [0.3, 0.4) is 0 Å². The van der Waals surface area contributed by atoms with Gasteiger partial charge in [-0.05, 0) is 23.3 Å². The first kappa shape index (κ1) is 9.43. The van der Waals surface area contributed by atoms with Crippen molar-refractivity contribution in [1.29, 1.82) is 0 Å². The fourth-order valence-electron chi connectivity index (χ4n) is 2.09. The van der Waals surface area contributed by atoms with E-state index < -0.39 is 0 Å². The molecule has 0 aromatic heterocycles. The quantitative estimate of drug-likeness (QED) is 0.644. The Morgan fingerprint density at radius 2 is 1.69 bits per heavy atom. The molecule has 0 unspecified atom stereocenters. The van der Waals surface area contributed by atoms with Gasteiger partial charge in [-0.1, -0.05) is 35.9 Å². The second-order valence-corrected chi connectivity index (χ2v) is 4.16. The molecular weight excluding hydrogens is 224 g/mol. The Kier molecular flexibility index (Phi) is 1.82. The number of fused-ring (bicyclic) bond motifs is 3. The van der Waals surface area contributed by atoms with E-state index in [1.54, 1.807) is 18.2 Å².